The SMILES string of the molecule is O=C(O)CC1CNC2(COC2)CO1. The van der Waals surface area contributed by atoms with Gasteiger partial charge >= 0.3 is 5.97 Å². The van der Waals surface area contributed by atoms with Gasteiger partial charge in [0.2, 0.25) is 0 Å². The van der Waals surface area contributed by atoms with Crippen molar-refractivity contribution in [2.24, 2.45) is 0 Å². The highest BCUT2D eigenvalue weighted by atomic mass is 16.5. The fourth-order valence-electron chi connectivity index (χ4n) is 1.58. The minimum absolute atomic E-state index is 0.0188. The molecule has 0 aliphatic carbocycles. The molecule has 0 aromatic rings. The summed E-state index contributed by atoms with van der Waals surface area (Å²) in [6.45, 7) is 2.51. The molecule has 0 saturated carbocycles. The highest BCUT2D eigenvalue weighted by Crippen LogP contribution is 2.22. The molecule has 0 bridgehead atoms. The summed E-state index contributed by atoms with van der Waals surface area (Å²) in [4.78, 5) is 10.4. The fourth-order valence-corrected chi connectivity index (χ4v) is 1.58. The molecule has 2 N–H and O–H groups in total. The highest BCUT2D eigenvalue weighted by molar-refractivity contribution is 5.67. The van der Waals surface area contributed by atoms with Gasteiger partial charge in [0.15, 0.2) is 0 Å². The normalized spacial score (nSPS) is 31.2. The standard InChI is InChI=1S/C8H13NO4/c10-7(11)1-6-2-9-8(5-13-6)3-12-4-8/h6,9H,1-5H2,(H,10,11). The van der Waals surface area contributed by atoms with Crippen LogP contribution in [0.25, 0.3) is 0 Å². The van der Waals surface area contributed by atoms with Crippen molar-refractivity contribution in [1.82, 2.24) is 5.32 Å². The van der Waals surface area contributed by atoms with Crippen LogP contribution < -0.4 is 5.32 Å². The van der Waals surface area contributed by atoms with Gasteiger partial charge < -0.3 is 19.9 Å². The molecule has 0 aromatic heterocycles. The van der Waals surface area contributed by atoms with Crippen LogP contribution >= 0.6 is 0 Å². The zero-order chi connectivity index (χ0) is 9.31. The molecule has 13 heavy (non-hydrogen) atoms. The third-order valence-electron chi connectivity index (χ3n) is 2.46. The van der Waals surface area contributed by atoms with Gasteiger partial charge in [0.25, 0.3) is 0 Å². The molecule has 2 aliphatic heterocycles. The van der Waals surface area contributed by atoms with E-state index in [-0.39, 0.29) is 18.1 Å². The smallest absolute Gasteiger partial charge is 0.306 e. The van der Waals surface area contributed by atoms with E-state index in [0.717, 1.165) is 0 Å². The molecule has 2 fully saturated rings. The Morgan fingerprint density at radius 3 is 2.69 bits per heavy atom. The van der Waals surface area contributed by atoms with E-state index in [1.165, 1.54) is 0 Å². The minimum Gasteiger partial charge on any atom is -0.481 e. The van der Waals surface area contributed by atoms with Crippen molar-refractivity contribution in [3.8, 4) is 0 Å². The monoisotopic (exact) mass is 187 g/mol. The van der Waals surface area contributed by atoms with Crippen LogP contribution in [0.3, 0.4) is 0 Å². The lowest BCUT2D eigenvalue weighted by Crippen LogP contribution is -2.68. The number of carbonyl (C=O) groups is 1. The van der Waals surface area contributed by atoms with E-state index in [1.54, 1.807) is 0 Å². The number of carboxylic acids is 1. The third-order valence-corrected chi connectivity index (χ3v) is 2.46. The molecule has 2 aliphatic rings. The lowest BCUT2D eigenvalue weighted by atomic mass is 9.96. The van der Waals surface area contributed by atoms with E-state index in [1.807, 2.05) is 0 Å². The molecule has 5 heteroatoms. The van der Waals surface area contributed by atoms with Crippen LogP contribution in [0.2, 0.25) is 0 Å². The molecule has 1 unspecified atom stereocenters. The molecule has 1 atom stereocenters. The Balaban J connectivity index is 1.79. The molecule has 2 saturated heterocycles. The van der Waals surface area contributed by atoms with Crippen LogP contribution in [-0.2, 0) is 14.3 Å². The van der Waals surface area contributed by atoms with Gasteiger partial charge in [-0.15, -0.1) is 0 Å². The van der Waals surface area contributed by atoms with Crippen LogP contribution in [0, 0.1) is 0 Å². The van der Waals surface area contributed by atoms with Gasteiger partial charge in [-0.25, -0.2) is 0 Å². The number of carboxylic acid groups (broad SMARTS) is 1. The maximum atomic E-state index is 10.4. The average molecular weight is 187 g/mol. The second kappa shape index (κ2) is 3.25. The van der Waals surface area contributed by atoms with Crippen LogP contribution in [0.4, 0.5) is 0 Å². The zero-order valence-corrected chi connectivity index (χ0v) is 7.28. The predicted molar refractivity (Wildman–Crippen MR) is 43.5 cm³/mol. The van der Waals surface area contributed by atoms with Gasteiger partial charge in [0.1, 0.15) is 0 Å². The molecule has 2 heterocycles. The van der Waals surface area contributed by atoms with E-state index in [4.69, 9.17) is 14.6 Å². The Morgan fingerprint density at radius 2 is 2.31 bits per heavy atom. The summed E-state index contributed by atoms with van der Waals surface area (Å²) in [6.07, 6.45) is -0.118. The zero-order valence-electron chi connectivity index (χ0n) is 7.28. The summed E-state index contributed by atoms with van der Waals surface area (Å²) >= 11 is 0. The molecule has 1 spiro atoms. The first-order valence-corrected chi connectivity index (χ1v) is 4.36. The van der Waals surface area contributed by atoms with Gasteiger partial charge in [0.05, 0.1) is 37.9 Å². The Labute approximate surface area is 76.0 Å². The van der Waals surface area contributed by atoms with E-state index in [9.17, 15) is 4.79 Å². The Kier molecular flexibility index (Phi) is 2.23. The van der Waals surface area contributed by atoms with Crippen molar-refractivity contribution >= 4 is 5.97 Å². The van der Waals surface area contributed by atoms with E-state index < -0.39 is 5.97 Å². The van der Waals surface area contributed by atoms with E-state index in [0.29, 0.717) is 26.4 Å². The van der Waals surface area contributed by atoms with Gasteiger partial charge in [0, 0.05) is 6.54 Å². The number of aliphatic carboxylic acids is 1. The molecule has 2 rings (SSSR count). The quantitative estimate of drug-likeness (QED) is 0.593. The first-order valence-electron chi connectivity index (χ1n) is 4.36. The summed E-state index contributed by atoms with van der Waals surface area (Å²) in [5, 5.41) is 11.8. The predicted octanol–water partition coefficient (Wildman–Crippen LogP) is -0.781. The van der Waals surface area contributed by atoms with Crippen molar-refractivity contribution < 1.29 is 19.4 Å². The second-order valence-corrected chi connectivity index (χ2v) is 3.68. The lowest BCUT2D eigenvalue weighted by Gasteiger charge is -2.46. The van der Waals surface area contributed by atoms with Crippen LogP contribution in [-0.4, -0.2) is 49.1 Å². The Bertz CT molecular complexity index is 204. The molecular formula is C8H13NO4. The van der Waals surface area contributed by atoms with Gasteiger partial charge in [-0.2, -0.15) is 0 Å². The number of rotatable bonds is 2. The first-order chi connectivity index (χ1) is 6.20. The first kappa shape index (κ1) is 8.93. The summed E-state index contributed by atoms with van der Waals surface area (Å²) in [5.41, 5.74) is -0.0188. The molecule has 0 aromatic carbocycles. The molecule has 0 radical (unpaired) electrons. The van der Waals surface area contributed by atoms with Gasteiger partial charge in [-0.05, 0) is 0 Å². The summed E-state index contributed by atoms with van der Waals surface area (Å²) in [6, 6.07) is 0. The number of morpholine rings is 1. The molecule has 5 nitrogen and oxygen atoms in total. The van der Waals surface area contributed by atoms with Crippen LogP contribution in [0.1, 0.15) is 6.42 Å². The average Bonchev–Trinajstić information content (AvgIpc) is 2.02. The van der Waals surface area contributed by atoms with Crippen molar-refractivity contribution in [1.29, 1.82) is 0 Å². The molecule has 74 valence electrons. The maximum Gasteiger partial charge on any atom is 0.306 e. The fraction of sp³-hybridized carbons (Fsp3) is 0.875. The van der Waals surface area contributed by atoms with Crippen molar-refractivity contribution in [2.75, 3.05) is 26.4 Å². The number of hydrogen-bond acceptors (Lipinski definition) is 4. The van der Waals surface area contributed by atoms with Crippen LogP contribution in [0.5, 0.6) is 0 Å². The van der Waals surface area contributed by atoms with Gasteiger partial charge in [-0.1, -0.05) is 0 Å². The Morgan fingerprint density at radius 1 is 1.54 bits per heavy atom. The highest BCUT2D eigenvalue weighted by Gasteiger charge is 2.42. The summed E-state index contributed by atoms with van der Waals surface area (Å²) in [7, 11) is 0. The molecule has 0 amide bonds. The largest absolute Gasteiger partial charge is 0.481 e. The number of ether oxygens (including phenoxy) is 2. The second-order valence-electron chi connectivity index (χ2n) is 3.68. The van der Waals surface area contributed by atoms with E-state index >= 15 is 0 Å². The van der Waals surface area contributed by atoms with Crippen LogP contribution in [0.15, 0.2) is 0 Å². The lowest BCUT2D eigenvalue weighted by molar-refractivity contribution is -0.159. The minimum atomic E-state index is -0.812. The summed E-state index contributed by atoms with van der Waals surface area (Å²) < 4.78 is 10.5. The summed E-state index contributed by atoms with van der Waals surface area (Å²) in [5.74, 6) is -0.812. The Hall–Kier alpha value is -0.650. The molecular weight excluding hydrogens is 174 g/mol. The number of nitrogens with one attached hydrogen (secondary N) is 1. The topological polar surface area (TPSA) is 67.8 Å². The van der Waals surface area contributed by atoms with E-state index in [2.05, 4.69) is 5.32 Å². The van der Waals surface area contributed by atoms with Crippen molar-refractivity contribution in [2.45, 2.75) is 18.1 Å². The van der Waals surface area contributed by atoms with Crippen molar-refractivity contribution in [3.05, 3.63) is 0 Å². The van der Waals surface area contributed by atoms with Crippen molar-refractivity contribution in [3.63, 3.8) is 0 Å². The van der Waals surface area contributed by atoms with Gasteiger partial charge in [-0.3, -0.25) is 4.79 Å². The maximum absolute atomic E-state index is 10.4. The number of hydrogen-bond donors (Lipinski definition) is 2. The third kappa shape index (κ3) is 1.82.